The van der Waals surface area contributed by atoms with Gasteiger partial charge in [0.15, 0.2) is 0 Å². The van der Waals surface area contributed by atoms with E-state index in [1.165, 1.54) is 12.1 Å². The second-order valence-corrected chi connectivity index (χ2v) is 3.74. The molecule has 0 radical (unpaired) electrons. The highest BCUT2D eigenvalue weighted by Gasteiger charge is 2.11. The predicted octanol–water partition coefficient (Wildman–Crippen LogP) is 1.76. The molecule has 0 aliphatic carbocycles. The molecule has 2 N–H and O–H groups in total. The highest BCUT2D eigenvalue weighted by molar-refractivity contribution is 5.56. The highest BCUT2D eigenvalue weighted by Crippen LogP contribution is 2.21. The predicted molar refractivity (Wildman–Crippen MR) is 69.9 cm³/mol. The fourth-order valence-corrected chi connectivity index (χ4v) is 1.48. The Morgan fingerprint density at radius 1 is 1.21 bits per heavy atom. The molecule has 0 unspecified atom stereocenters. The molecule has 0 bridgehead atoms. The first kappa shape index (κ1) is 13.0. The van der Waals surface area contributed by atoms with Crippen LogP contribution in [-0.2, 0) is 0 Å². The van der Waals surface area contributed by atoms with Gasteiger partial charge in [0.05, 0.1) is 6.61 Å². The maximum absolute atomic E-state index is 12.9. The zero-order valence-corrected chi connectivity index (χ0v) is 10.7. The van der Waals surface area contributed by atoms with Crippen LogP contribution in [0.25, 0.3) is 0 Å². The van der Waals surface area contributed by atoms with Gasteiger partial charge in [0.2, 0.25) is 11.9 Å². The molecule has 0 spiro atoms. The number of benzene rings is 1. The Morgan fingerprint density at radius 3 is 2.53 bits per heavy atom. The summed E-state index contributed by atoms with van der Waals surface area (Å²) >= 11 is 0. The minimum absolute atomic E-state index is 0.0717. The van der Waals surface area contributed by atoms with Crippen LogP contribution < -0.4 is 15.4 Å². The van der Waals surface area contributed by atoms with Crippen LogP contribution in [0.4, 0.5) is 22.0 Å². The average Bonchev–Trinajstić information content (AvgIpc) is 2.38. The molecule has 0 saturated heterocycles. The third-order valence-electron chi connectivity index (χ3n) is 2.41. The number of ether oxygens (including phenoxy) is 1. The van der Waals surface area contributed by atoms with Crippen molar-refractivity contribution < 1.29 is 9.13 Å². The van der Waals surface area contributed by atoms with Crippen LogP contribution >= 0.6 is 0 Å². The fraction of sp³-hybridized carbons (Fsp3) is 0.250. The van der Waals surface area contributed by atoms with Gasteiger partial charge in [-0.05, 0) is 31.2 Å². The number of rotatable bonds is 4. The lowest BCUT2D eigenvalue weighted by atomic mass is 10.3. The van der Waals surface area contributed by atoms with Gasteiger partial charge in [-0.1, -0.05) is 0 Å². The van der Waals surface area contributed by atoms with E-state index in [1.54, 1.807) is 24.1 Å². The summed E-state index contributed by atoms with van der Waals surface area (Å²) in [5.41, 5.74) is 6.33. The molecule has 1 aromatic carbocycles. The Kier molecular flexibility index (Phi) is 3.74. The lowest BCUT2D eigenvalue weighted by Gasteiger charge is -2.17. The molecule has 6 nitrogen and oxygen atoms in total. The van der Waals surface area contributed by atoms with E-state index in [1.807, 2.05) is 6.92 Å². The van der Waals surface area contributed by atoms with E-state index in [9.17, 15) is 4.39 Å². The van der Waals surface area contributed by atoms with Crippen LogP contribution in [0.15, 0.2) is 24.3 Å². The minimum Gasteiger partial charge on any atom is -0.464 e. The smallest absolute Gasteiger partial charge is 0.323 e. The number of anilines is 3. The van der Waals surface area contributed by atoms with Gasteiger partial charge in [-0.3, -0.25) is 0 Å². The monoisotopic (exact) mass is 263 g/mol. The Morgan fingerprint density at radius 2 is 1.89 bits per heavy atom. The molecule has 0 aliphatic rings. The van der Waals surface area contributed by atoms with Gasteiger partial charge in [-0.15, -0.1) is 0 Å². The van der Waals surface area contributed by atoms with E-state index in [-0.39, 0.29) is 17.8 Å². The third-order valence-corrected chi connectivity index (χ3v) is 2.41. The van der Waals surface area contributed by atoms with Crippen LogP contribution in [0.1, 0.15) is 6.92 Å². The third kappa shape index (κ3) is 3.06. The Labute approximate surface area is 110 Å². The van der Waals surface area contributed by atoms with Gasteiger partial charge >= 0.3 is 6.01 Å². The van der Waals surface area contributed by atoms with Crippen molar-refractivity contribution in [3.8, 4) is 6.01 Å². The fourth-order valence-electron chi connectivity index (χ4n) is 1.48. The van der Waals surface area contributed by atoms with Crippen molar-refractivity contribution in [2.24, 2.45) is 0 Å². The van der Waals surface area contributed by atoms with Gasteiger partial charge in [0.1, 0.15) is 5.82 Å². The van der Waals surface area contributed by atoms with Gasteiger partial charge in [0.25, 0.3) is 0 Å². The van der Waals surface area contributed by atoms with Crippen LogP contribution in [-0.4, -0.2) is 28.6 Å². The number of hydrogen-bond donors (Lipinski definition) is 1. The zero-order chi connectivity index (χ0) is 13.8. The molecular weight excluding hydrogens is 249 g/mol. The summed E-state index contributed by atoms with van der Waals surface area (Å²) in [7, 11) is 1.75. The van der Waals surface area contributed by atoms with E-state index in [0.29, 0.717) is 12.6 Å². The molecule has 0 aliphatic heterocycles. The highest BCUT2D eigenvalue weighted by atomic mass is 19.1. The van der Waals surface area contributed by atoms with Crippen LogP contribution in [0.3, 0.4) is 0 Å². The molecule has 100 valence electrons. The molecular formula is C12H14FN5O. The molecule has 0 atom stereocenters. The first-order valence-corrected chi connectivity index (χ1v) is 5.73. The van der Waals surface area contributed by atoms with E-state index >= 15 is 0 Å². The first-order valence-electron chi connectivity index (χ1n) is 5.73. The van der Waals surface area contributed by atoms with Crippen molar-refractivity contribution in [2.75, 3.05) is 24.3 Å². The molecule has 2 aromatic rings. The largest absolute Gasteiger partial charge is 0.464 e. The Bertz CT molecular complexity index is 561. The zero-order valence-electron chi connectivity index (χ0n) is 10.7. The molecule has 0 fully saturated rings. The second-order valence-electron chi connectivity index (χ2n) is 3.74. The van der Waals surface area contributed by atoms with E-state index in [2.05, 4.69) is 15.0 Å². The van der Waals surface area contributed by atoms with E-state index < -0.39 is 0 Å². The molecule has 1 aromatic heterocycles. The van der Waals surface area contributed by atoms with Crippen molar-refractivity contribution >= 4 is 17.6 Å². The summed E-state index contributed by atoms with van der Waals surface area (Å²) in [6, 6.07) is 6.13. The topological polar surface area (TPSA) is 77.2 Å². The second kappa shape index (κ2) is 5.47. The average molecular weight is 263 g/mol. The SMILES string of the molecule is CCOc1nc(N)nc(N(C)c2ccc(F)cc2)n1. The van der Waals surface area contributed by atoms with Crippen LogP contribution in [0.5, 0.6) is 6.01 Å². The van der Waals surface area contributed by atoms with Crippen molar-refractivity contribution in [2.45, 2.75) is 6.92 Å². The molecule has 2 rings (SSSR count). The molecule has 1 heterocycles. The molecule has 0 saturated carbocycles. The van der Waals surface area contributed by atoms with Crippen molar-refractivity contribution in [3.05, 3.63) is 30.1 Å². The van der Waals surface area contributed by atoms with Crippen molar-refractivity contribution in [1.29, 1.82) is 0 Å². The Hall–Kier alpha value is -2.44. The quantitative estimate of drug-likeness (QED) is 0.905. The van der Waals surface area contributed by atoms with Gasteiger partial charge in [-0.25, -0.2) is 4.39 Å². The lowest BCUT2D eigenvalue weighted by molar-refractivity contribution is 0.312. The van der Waals surface area contributed by atoms with Crippen molar-refractivity contribution in [1.82, 2.24) is 15.0 Å². The summed E-state index contributed by atoms with van der Waals surface area (Å²) in [6.45, 7) is 2.26. The standard InChI is InChI=1S/C12H14FN5O/c1-3-19-12-16-10(14)15-11(17-12)18(2)9-6-4-8(13)5-7-9/h4-7H,3H2,1-2H3,(H2,14,15,16,17). The van der Waals surface area contributed by atoms with E-state index in [4.69, 9.17) is 10.5 Å². The number of halogens is 1. The lowest BCUT2D eigenvalue weighted by Crippen LogP contribution is -2.15. The van der Waals surface area contributed by atoms with Gasteiger partial charge in [-0.2, -0.15) is 15.0 Å². The minimum atomic E-state index is -0.303. The van der Waals surface area contributed by atoms with Crippen LogP contribution in [0.2, 0.25) is 0 Å². The first-order chi connectivity index (χ1) is 9.10. The number of nitrogens with two attached hydrogens (primary N) is 1. The number of nitrogen functional groups attached to an aromatic ring is 1. The maximum Gasteiger partial charge on any atom is 0.323 e. The summed E-state index contributed by atoms with van der Waals surface area (Å²) in [5, 5.41) is 0. The normalized spacial score (nSPS) is 10.3. The molecule has 7 heteroatoms. The van der Waals surface area contributed by atoms with Gasteiger partial charge in [0, 0.05) is 12.7 Å². The summed E-state index contributed by atoms with van der Waals surface area (Å²) in [5.74, 6) is 0.104. The van der Waals surface area contributed by atoms with Gasteiger partial charge < -0.3 is 15.4 Å². The van der Waals surface area contributed by atoms with Crippen molar-refractivity contribution in [3.63, 3.8) is 0 Å². The molecule has 19 heavy (non-hydrogen) atoms. The number of nitrogens with zero attached hydrogens (tertiary/aromatic N) is 4. The number of aromatic nitrogens is 3. The summed E-state index contributed by atoms with van der Waals surface area (Å²) in [6.07, 6.45) is 0. The Balaban J connectivity index is 2.32. The van der Waals surface area contributed by atoms with Crippen LogP contribution in [0, 0.1) is 5.82 Å². The van der Waals surface area contributed by atoms with E-state index in [0.717, 1.165) is 5.69 Å². The summed E-state index contributed by atoms with van der Waals surface area (Å²) < 4.78 is 18.1. The molecule has 0 amide bonds. The maximum atomic E-state index is 12.9. The summed E-state index contributed by atoms with van der Waals surface area (Å²) in [4.78, 5) is 13.7. The number of hydrogen-bond acceptors (Lipinski definition) is 6.